The quantitative estimate of drug-likeness (QED) is 0.486. The van der Waals surface area contributed by atoms with Gasteiger partial charge in [0.2, 0.25) is 0 Å². The number of hydrogen-bond acceptors (Lipinski definition) is 5. The minimum atomic E-state index is -0.424. The number of nitrogens with two attached hydrogens (primary N) is 1. The number of hydrogen-bond donors (Lipinski definition) is 2. The van der Waals surface area contributed by atoms with Crippen molar-refractivity contribution in [1.82, 2.24) is 15.3 Å². The summed E-state index contributed by atoms with van der Waals surface area (Å²) >= 11 is 0. The SMILES string of the molecule is Cc1oc(C(=O)NN)cc1CN(C)Cc1ccccn1. The van der Waals surface area contributed by atoms with Crippen LogP contribution < -0.4 is 11.3 Å². The summed E-state index contributed by atoms with van der Waals surface area (Å²) in [7, 11) is 1.99. The number of pyridine rings is 1. The van der Waals surface area contributed by atoms with Gasteiger partial charge in [-0.3, -0.25) is 20.1 Å². The van der Waals surface area contributed by atoms with Gasteiger partial charge in [0.15, 0.2) is 5.76 Å². The first kappa shape index (κ1) is 14.2. The van der Waals surface area contributed by atoms with E-state index >= 15 is 0 Å². The summed E-state index contributed by atoms with van der Waals surface area (Å²) < 4.78 is 5.38. The van der Waals surface area contributed by atoms with Gasteiger partial charge >= 0.3 is 5.91 Å². The fourth-order valence-corrected chi connectivity index (χ4v) is 1.97. The van der Waals surface area contributed by atoms with Crippen LogP contribution in [0.15, 0.2) is 34.9 Å². The first-order chi connectivity index (χ1) is 9.60. The number of aromatic nitrogens is 1. The zero-order valence-electron chi connectivity index (χ0n) is 11.6. The predicted octanol–water partition coefficient (Wildman–Crippen LogP) is 1.22. The number of furan rings is 1. The summed E-state index contributed by atoms with van der Waals surface area (Å²) in [5.74, 6) is 5.61. The van der Waals surface area contributed by atoms with Crippen molar-refractivity contribution in [3.05, 3.63) is 53.2 Å². The highest BCUT2D eigenvalue weighted by Crippen LogP contribution is 2.17. The van der Waals surface area contributed by atoms with E-state index in [0.717, 1.165) is 23.6 Å². The number of nitrogen functional groups attached to an aromatic ring is 1. The molecule has 0 atom stereocenters. The highest BCUT2D eigenvalue weighted by atomic mass is 16.4. The van der Waals surface area contributed by atoms with Crippen molar-refractivity contribution in [2.75, 3.05) is 7.05 Å². The van der Waals surface area contributed by atoms with Crippen LogP contribution in [0, 0.1) is 6.92 Å². The van der Waals surface area contributed by atoms with Crippen molar-refractivity contribution in [1.29, 1.82) is 0 Å². The van der Waals surface area contributed by atoms with Gasteiger partial charge in [0.25, 0.3) is 0 Å². The molecule has 0 aromatic carbocycles. The molecule has 1 amide bonds. The number of carbonyl (C=O) groups is 1. The molecule has 0 saturated heterocycles. The van der Waals surface area contributed by atoms with Crippen LogP contribution in [0.25, 0.3) is 0 Å². The lowest BCUT2D eigenvalue weighted by molar-refractivity contribution is 0.0924. The Hall–Kier alpha value is -2.18. The number of hydrazine groups is 1. The third-order valence-corrected chi connectivity index (χ3v) is 2.97. The molecule has 0 aliphatic carbocycles. The van der Waals surface area contributed by atoms with E-state index in [9.17, 15) is 4.79 Å². The fraction of sp³-hybridized carbons (Fsp3) is 0.286. The summed E-state index contributed by atoms with van der Waals surface area (Å²) in [5, 5.41) is 0. The second-order valence-corrected chi connectivity index (χ2v) is 4.66. The molecule has 2 heterocycles. The maximum atomic E-state index is 11.4. The smallest absolute Gasteiger partial charge is 0.300 e. The minimum absolute atomic E-state index is 0.228. The van der Waals surface area contributed by atoms with Crippen molar-refractivity contribution in [3.8, 4) is 0 Å². The molecule has 2 aromatic heterocycles. The molecule has 6 nitrogen and oxygen atoms in total. The number of nitrogens with one attached hydrogen (secondary N) is 1. The summed E-state index contributed by atoms with van der Waals surface area (Å²) in [6.07, 6.45) is 1.77. The van der Waals surface area contributed by atoms with Crippen molar-refractivity contribution >= 4 is 5.91 Å². The first-order valence-corrected chi connectivity index (χ1v) is 6.29. The van der Waals surface area contributed by atoms with E-state index in [1.54, 1.807) is 12.3 Å². The van der Waals surface area contributed by atoms with E-state index in [2.05, 4.69) is 15.3 Å². The molecule has 20 heavy (non-hydrogen) atoms. The second kappa shape index (κ2) is 6.31. The fourth-order valence-electron chi connectivity index (χ4n) is 1.97. The number of nitrogens with zero attached hydrogens (tertiary/aromatic N) is 2. The summed E-state index contributed by atoms with van der Waals surface area (Å²) in [5.41, 5.74) is 4.02. The van der Waals surface area contributed by atoms with Crippen LogP contribution in [0.2, 0.25) is 0 Å². The molecule has 0 fully saturated rings. The van der Waals surface area contributed by atoms with Crippen molar-refractivity contribution < 1.29 is 9.21 Å². The molecule has 0 spiro atoms. The molecule has 0 aliphatic heterocycles. The molecule has 6 heteroatoms. The number of aryl methyl sites for hydroxylation is 1. The van der Waals surface area contributed by atoms with Gasteiger partial charge in [-0.05, 0) is 32.2 Å². The minimum Gasteiger partial charge on any atom is -0.456 e. The van der Waals surface area contributed by atoms with E-state index in [4.69, 9.17) is 10.3 Å². The van der Waals surface area contributed by atoms with Crippen molar-refractivity contribution in [3.63, 3.8) is 0 Å². The Morgan fingerprint density at radius 2 is 2.25 bits per heavy atom. The Labute approximate surface area is 117 Å². The van der Waals surface area contributed by atoms with Gasteiger partial charge in [0.1, 0.15) is 5.76 Å². The zero-order chi connectivity index (χ0) is 14.5. The number of rotatable bonds is 5. The van der Waals surface area contributed by atoms with Crippen LogP contribution in [0.5, 0.6) is 0 Å². The average Bonchev–Trinajstić information content (AvgIpc) is 2.80. The van der Waals surface area contributed by atoms with E-state index < -0.39 is 5.91 Å². The standard InChI is InChI=1S/C14H18N4O2/c1-10-11(7-13(20-10)14(19)17-15)8-18(2)9-12-5-3-4-6-16-12/h3-7H,8-9,15H2,1-2H3,(H,17,19). The van der Waals surface area contributed by atoms with E-state index in [1.807, 2.05) is 32.2 Å². The van der Waals surface area contributed by atoms with Gasteiger partial charge in [-0.25, -0.2) is 5.84 Å². The van der Waals surface area contributed by atoms with Crippen molar-refractivity contribution in [2.24, 2.45) is 5.84 Å². The van der Waals surface area contributed by atoms with E-state index in [1.165, 1.54) is 0 Å². The van der Waals surface area contributed by atoms with Crippen LogP contribution in [-0.4, -0.2) is 22.8 Å². The Morgan fingerprint density at radius 3 is 2.90 bits per heavy atom. The van der Waals surface area contributed by atoms with Crippen LogP contribution in [0.4, 0.5) is 0 Å². The lowest BCUT2D eigenvalue weighted by Crippen LogP contribution is -2.29. The number of carbonyl (C=O) groups excluding carboxylic acids is 1. The Kier molecular flexibility index (Phi) is 4.49. The molecule has 0 radical (unpaired) electrons. The molecule has 106 valence electrons. The summed E-state index contributed by atoms with van der Waals surface area (Å²) in [4.78, 5) is 17.8. The van der Waals surface area contributed by atoms with Gasteiger partial charge in [-0.2, -0.15) is 0 Å². The molecular formula is C14H18N4O2. The van der Waals surface area contributed by atoms with Crippen molar-refractivity contribution in [2.45, 2.75) is 20.0 Å². The normalized spacial score (nSPS) is 10.8. The Bertz CT molecular complexity index is 580. The molecule has 0 aliphatic rings. The average molecular weight is 274 g/mol. The molecule has 3 N–H and O–H groups in total. The third kappa shape index (κ3) is 3.43. The van der Waals surface area contributed by atoms with Gasteiger partial charge in [0.05, 0.1) is 5.69 Å². The van der Waals surface area contributed by atoms with Crippen LogP contribution in [0.1, 0.15) is 27.6 Å². The van der Waals surface area contributed by atoms with Crippen LogP contribution >= 0.6 is 0 Å². The molecule has 0 bridgehead atoms. The lowest BCUT2D eigenvalue weighted by atomic mass is 10.2. The van der Waals surface area contributed by atoms with Gasteiger partial charge in [-0.1, -0.05) is 6.07 Å². The Balaban J connectivity index is 2.02. The zero-order valence-corrected chi connectivity index (χ0v) is 11.6. The predicted molar refractivity (Wildman–Crippen MR) is 74.5 cm³/mol. The number of amides is 1. The van der Waals surface area contributed by atoms with Crippen LogP contribution in [-0.2, 0) is 13.1 Å². The van der Waals surface area contributed by atoms with Gasteiger partial charge < -0.3 is 4.42 Å². The molecular weight excluding hydrogens is 256 g/mol. The monoisotopic (exact) mass is 274 g/mol. The molecule has 2 rings (SSSR count). The maximum Gasteiger partial charge on any atom is 0.300 e. The summed E-state index contributed by atoms with van der Waals surface area (Å²) in [6.45, 7) is 3.23. The highest BCUT2D eigenvalue weighted by Gasteiger charge is 2.14. The van der Waals surface area contributed by atoms with Crippen LogP contribution in [0.3, 0.4) is 0 Å². The molecule has 0 unspecified atom stereocenters. The molecule has 0 saturated carbocycles. The lowest BCUT2D eigenvalue weighted by Gasteiger charge is -2.15. The molecule has 2 aromatic rings. The maximum absolute atomic E-state index is 11.4. The van der Waals surface area contributed by atoms with E-state index in [-0.39, 0.29) is 5.76 Å². The summed E-state index contributed by atoms with van der Waals surface area (Å²) in [6, 6.07) is 7.54. The Morgan fingerprint density at radius 1 is 1.45 bits per heavy atom. The largest absolute Gasteiger partial charge is 0.456 e. The third-order valence-electron chi connectivity index (χ3n) is 2.97. The van der Waals surface area contributed by atoms with Gasteiger partial charge in [0, 0.05) is 24.8 Å². The topological polar surface area (TPSA) is 84.4 Å². The van der Waals surface area contributed by atoms with E-state index in [0.29, 0.717) is 6.54 Å². The first-order valence-electron chi connectivity index (χ1n) is 6.29. The highest BCUT2D eigenvalue weighted by molar-refractivity contribution is 5.91. The van der Waals surface area contributed by atoms with Gasteiger partial charge in [-0.15, -0.1) is 0 Å². The second-order valence-electron chi connectivity index (χ2n) is 4.66.